The van der Waals surface area contributed by atoms with Gasteiger partial charge in [0.25, 0.3) is 0 Å². The molecular weight excluding hydrogens is 166 g/mol. The Morgan fingerprint density at radius 2 is 2.15 bits per heavy atom. The van der Waals surface area contributed by atoms with Crippen LogP contribution in [0.5, 0.6) is 0 Å². The van der Waals surface area contributed by atoms with Crippen LogP contribution in [0.15, 0.2) is 18.3 Å². The summed E-state index contributed by atoms with van der Waals surface area (Å²) in [5.41, 5.74) is 1.11. The number of carbonyl (C=O) groups is 1. The normalized spacial score (nSPS) is 8.54. The molecule has 0 saturated heterocycles. The zero-order valence-corrected chi connectivity index (χ0v) is 8.24. The van der Waals surface area contributed by atoms with Gasteiger partial charge in [0.2, 0.25) is 0 Å². The van der Waals surface area contributed by atoms with Crippen molar-refractivity contribution in [1.82, 2.24) is 4.98 Å². The Morgan fingerprint density at radius 3 is 2.62 bits per heavy atom. The maximum atomic E-state index is 10.4. The molecule has 0 fully saturated rings. The van der Waals surface area contributed by atoms with E-state index in [2.05, 4.69) is 4.98 Å². The van der Waals surface area contributed by atoms with Gasteiger partial charge in [0.1, 0.15) is 0 Å². The minimum atomic E-state index is -0.901. The van der Waals surface area contributed by atoms with Crippen molar-refractivity contribution in [2.45, 2.75) is 27.2 Å². The van der Waals surface area contributed by atoms with Crippen molar-refractivity contribution in [2.24, 2.45) is 0 Å². The van der Waals surface area contributed by atoms with E-state index in [1.807, 2.05) is 20.8 Å². The Balaban J connectivity index is 0.000000671. The van der Waals surface area contributed by atoms with Crippen LogP contribution in [-0.2, 0) is 6.42 Å². The predicted molar refractivity (Wildman–Crippen MR) is 51.9 cm³/mol. The van der Waals surface area contributed by atoms with Crippen molar-refractivity contribution in [3.8, 4) is 0 Å². The molecule has 0 atom stereocenters. The number of aryl methyl sites for hydroxylation is 1. The predicted octanol–water partition coefficient (Wildman–Crippen LogP) is 2.37. The molecule has 0 radical (unpaired) electrons. The van der Waals surface area contributed by atoms with Gasteiger partial charge in [0, 0.05) is 11.9 Å². The number of carboxylic acids is 1. The smallest absolute Gasteiger partial charge is 0.335 e. The number of aromatic nitrogens is 1. The first-order valence-electron chi connectivity index (χ1n) is 4.42. The van der Waals surface area contributed by atoms with Crippen molar-refractivity contribution in [3.63, 3.8) is 0 Å². The third-order valence-electron chi connectivity index (χ3n) is 1.43. The summed E-state index contributed by atoms with van der Waals surface area (Å²) < 4.78 is 0. The van der Waals surface area contributed by atoms with E-state index in [0.717, 1.165) is 12.1 Å². The van der Waals surface area contributed by atoms with Gasteiger partial charge in [-0.25, -0.2) is 4.79 Å². The molecule has 1 heterocycles. The van der Waals surface area contributed by atoms with Crippen molar-refractivity contribution < 1.29 is 9.90 Å². The molecule has 0 saturated carbocycles. The molecular formula is C10H15NO2. The van der Waals surface area contributed by atoms with Gasteiger partial charge in [0.15, 0.2) is 0 Å². The van der Waals surface area contributed by atoms with Crippen molar-refractivity contribution >= 4 is 5.97 Å². The highest BCUT2D eigenvalue weighted by atomic mass is 16.4. The molecule has 0 aliphatic carbocycles. The summed E-state index contributed by atoms with van der Waals surface area (Å²) in [5.74, 6) is -0.901. The second kappa shape index (κ2) is 6.17. The lowest BCUT2D eigenvalue weighted by molar-refractivity contribution is 0.0696. The summed E-state index contributed by atoms with van der Waals surface area (Å²) in [4.78, 5) is 14.4. The Labute approximate surface area is 78.4 Å². The Morgan fingerprint density at radius 1 is 1.54 bits per heavy atom. The standard InChI is InChI=1S/C8H9NO2.C2H6/c1-2-7-5-6(8(10)11)3-4-9-7;1-2/h3-5H,2H2,1H3,(H,10,11);1-2H3. The molecule has 0 amide bonds. The van der Waals surface area contributed by atoms with Crippen LogP contribution in [-0.4, -0.2) is 16.1 Å². The number of aromatic carboxylic acids is 1. The van der Waals surface area contributed by atoms with Crippen LogP contribution in [0.2, 0.25) is 0 Å². The molecule has 0 aliphatic heterocycles. The monoisotopic (exact) mass is 181 g/mol. The van der Waals surface area contributed by atoms with Gasteiger partial charge in [-0.2, -0.15) is 0 Å². The van der Waals surface area contributed by atoms with Crippen LogP contribution < -0.4 is 0 Å². The third kappa shape index (κ3) is 3.69. The number of hydrogen-bond donors (Lipinski definition) is 1. The van der Waals surface area contributed by atoms with Gasteiger partial charge in [-0.1, -0.05) is 20.8 Å². The number of hydrogen-bond acceptors (Lipinski definition) is 2. The maximum Gasteiger partial charge on any atom is 0.335 e. The summed E-state index contributed by atoms with van der Waals surface area (Å²) in [5, 5.41) is 8.58. The molecule has 0 spiro atoms. The van der Waals surface area contributed by atoms with Crippen LogP contribution in [0, 0.1) is 0 Å². The van der Waals surface area contributed by atoms with E-state index >= 15 is 0 Å². The first kappa shape index (κ1) is 11.6. The number of rotatable bonds is 2. The SMILES string of the molecule is CC.CCc1cc(C(=O)O)ccn1. The lowest BCUT2D eigenvalue weighted by Gasteiger charge is -1.96. The second-order valence-electron chi connectivity index (χ2n) is 2.19. The zero-order valence-electron chi connectivity index (χ0n) is 8.24. The zero-order chi connectivity index (χ0) is 10.3. The first-order chi connectivity index (χ1) is 6.24. The molecule has 0 unspecified atom stereocenters. The summed E-state index contributed by atoms with van der Waals surface area (Å²) in [6, 6.07) is 3.07. The molecule has 0 aliphatic rings. The van der Waals surface area contributed by atoms with E-state index < -0.39 is 5.97 Å². The number of carboxylic acid groups (broad SMARTS) is 1. The van der Waals surface area contributed by atoms with E-state index in [0.29, 0.717) is 5.56 Å². The van der Waals surface area contributed by atoms with Gasteiger partial charge >= 0.3 is 5.97 Å². The molecule has 1 aromatic heterocycles. The fourth-order valence-electron chi connectivity index (χ4n) is 0.805. The fraction of sp³-hybridized carbons (Fsp3) is 0.400. The lowest BCUT2D eigenvalue weighted by Crippen LogP contribution is -1.98. The molecule has 1 rings (SSSR count). The van der Waals surface area contributed by atoms with Gasteiger partial charge in [-0.15, -0.1) is 0 Å². The molecule has 13 heavy (non-hydrogen) atoms. The fourth-order valence-corrected chi connectivity index (χ4v) is 0.805. The van der Waals surface area contributed by atoms with Crippen LogP contribution in [0.3, 0.4) is 0 Å². The van der Waals surface area contributed by atoms with E-state index in [9.17, 15) is 4.79 Å². The minimum Gasteiger partial charge on any atom is -0.478 e. The van der Waals surface area contributed by atoms with Crippen molar-refractivity contribution in [2.75, 3.05) is 0 Å². The first-order valence-corrected chi connectivity index (χ1v) is 4.42. The third-order valence-corrected chi connectivity index (χ3v) is 1.43. The summed E-state index contributed by atoms with van der Waals surface area (Å²) in [6.45, 7) is 5.94. The Hall–Kier alpha value is -1.38. The maximum absolute atomic E-state index is 10.4. The second-order valence-corrected chi connectivity index (χ2v) is 2.19. The Kier molecular flexibility index (Phi) is 5.52. The molecule has 0 bridgehead atoms. The highest BCUT2D eigenvalue weighted by molar-refractivity contribution is 5.87. The van der Waals surface area contributed by atoms with Gasteiger partial charge in [0.05, 0.1) is 5.56 Å². The largest absolute Gasteiger partial charge is 0.478 e. The average molecular weight is 181 g/mol. The lowest BCUT2D eigenvalue weighted by atomic mass is 10.2. The van der Waals surface area contributed by atoms with E-state index in [1.54, 1.807) is 6.07 Å². The molecule has 0 aromatic carbocycles. The van der Waals surface area contributed by atoms with E-state index in [-0.39, 0.29) is 0 Å². The highest BCUT2D eigenvalue weighted by Crippen LogP contribution is 2.01. The van der Waals surface area contributed by atoms with E-state index in [1.165, 1.54) is 12.3 Å². The van der Waals surface area contributed by atoms with Gasteiger partial charge < -0.3 is 5.11 Å². The van der Waals surface area contributed by atoms with Gasteiger partial charge in [-0.3, -0.25) is 4.98 Å². The van der Waals surface area contributed by atoms with Crippen molar-refractivity contribution in [3.05, 3.63) is 29.6 Å². The minimum absolute atomic E-state index is 0.303. The van der Waals surface area contributed by atoms with E-state index in [4.69, 9.17) is 5.11 Å². The van der Waals surface area contributed by atoms with Gasteiger partial charge in [-0.05, 0) is 18.6 Å². The quantitative estimate of drug-likeness (QED) is 0.762. The summed E-state index contributed by atoms with van der Waals surface area (Å²) in [6.07, 6.45) is 2.28. The molecule has 3 heteroatoms. The molecule has 3 nitrogen and oxygen atoms in total. The molecule has 1 aromatic rings. The number of pyridine rings is 1. The Bertz CT molecular complexity index is 271. The van der Waals surface area contributed by atoms with Crippen molar-refractivity contribution in [1.29, 1.82) is 0 Å². The van der Waals surface area contributed by atoms with Crippen LogP contribution in [0.1, 0.15) is 36.8 Å². The van der Waals surface area contributed by atoms with Crippen LogP contribution >= 0.6 is 0 Å². The highest BCUT2D eigenvalue weighted by Gasteiger charge is 2.01. The molecule has 1 N–H and O–H groups in total. The topological polar surface area (TPSA) is 50.2 Å². The summed E-state index contributed by atoms with van der Waals surface area (Å²) in [7, 11) is 0. The summed E-state index contributed by atoms with van der Waals surface area (Å²) >= 11 is 0. The number of nitrogens with zero attached hydrogens (tertiary/aromatic N) is 1. The van der Waals surface area contributed by atoms with Crippen LogP contribution in [0.25, 0.3) is 0 Å². The molecule has 72 valence electrons. The average Bonchev–Trinajstić information content (AvgIpc) is 2.21. The van der Waals surface area contributed by atoms with Crippen LogP contribution in [0.4, 0.5) is 0 Å².